The summed E-state index contributed by atoms with van der Waals surface area (Å²) in [5, 5.41) is 3.28. The summed E-state index contributed by atoms with van der Waals surface area (Å²) >= 11 is 1.49. The lowest BCUT2D eigenvalue weighted by Gasteiger charge is -2.21. The van der Waals surface area contributed by atoms with E-state index in [-0.39, 0.29) is 18.1 Å². The number of hydrogen-bond donors (Lipinski definition) is 2. The predicted octanol–water partition coefficient (Wildman–Crippen LogP) is 2.12. The largest absolute Gasteiger partial charge is 0.320 e. The average molecular weight is 394 g/mol. The first-order chi connectivity index (χ1) is 12.3. The third-order valence-electron chi connectivity index (χ3n) is 4.58. The minimum absolute atomic E-state index is 0.102. The molecule has 140 valence electrons. The molecule has 26 heavy (non-hydrogen) atoms. The molecular formula is C18H23N3O3S2. The van der Waals surface area contributed by atoms with Crippen molar-refractivity contribution in [1.82, 2.24) is 4.98 Å². The first-order valence-corrected chi connectivity index (χ1v) is 11.5. The Kier molecular flexibility index (Phi) is 5.74. The Hall–Kier alpha value is -1.77. The average Bonchev–Trinajstić information content (AvgIpc) is 3.01. The van der Waals surface area contributed by atoms with Gasteiger partial charge in [-0.3, -0.25) is 4.79 Å². The first-order valence-electron chi connectivity index (χ1n) is 8.59. The van der Waals surface area contributed by atoms with E-state index in [4.69, 9.17) is 5.73 Å². The normalized spacial score (nSPS) is 18.2. The number of aromatic nitrogens is 1. The van der Waals surface area contributed by atoms with Gasteiger partial charge in [-0.05, 0) is 37.2 Å². The van der Waals surface area contributed by atoms with Crippen molar-refractivity contribution >= 4 is 32.2 Å². The molecular weight excluding hydrogens is 370 g/mol. The summed E-state index contributed by atoms with van der Waals surface area (Å²) < 4.78 is 22.4. The van der Waals surface area contributed by atoms with Gasteiger partial charge in [-0.2, -0.15) is 0 Å². The second kappa shape index (κ2) is 7.85. The highest BCUT2D eigenvalue weighted by molar-refractivity contribution is 7.90. The number of carbonyl (C=O) groups excluding carboxylic acids is 1. The number of benzene rings is 1. The van der Waals surface area contributed by atoms with Crippen LogP contribution in [-0.4, -0.2) is 37.4 Å². The van der Waals surface area contributed by atoms with E-state index < -0.39 is 15.9 Å². The summed E-state index contributed by atoms with van der Waals surface area (Å²) in [5.74, 6) is -0.0154. The highest BCUT2D eigenvalue weighted by Crippen LogP contribution is 2.36. The Morgan fingerprint density at radius 3 is 2.81 bits per heavy atom. The van der Waals surface area contributed by atoms with Gasteiger partial charge in [0.1, 0.15) is 9.84 Å². The predicted molar refractivity (Wildman–Crippen MR) is 104 cm³/mol. The molecule has 2 unspecified atom stereocenters. The van der Waals surface area contributed by atoms with Gasteiger partial charge in [0.05, 0.1) is 17.5 Å². The fraction of sp³-hybridized carbons (Fsp3) is 0.444. The Balaban J connectivity index is 1.62. The van der Waals surface area contributed by atoms with Crippen LogP contribution in [0.2, 0.25) is 0 Å². The topological polar surface area (TPSA) is 102 Å². The minimum Gasteiger partial charge on any atom is -0.320 e. The quantitative estimate of drug-likeness (QED) is 0.783. The van der Waals surface area contributed by atoms with Crippen molar-refractivity contribution in [3.05, 3.63) is 46.5 Å². The molecule has 3 rings (SSSR count). The van der Waals surface area contributed by atoms with Gasteiger partial charge in [-0.15, -0.1) is 11.3 Å². The number of anilines is 1. The Morgan fingerprint density at radius 1 is 1.38 bits per heavy atom. The molecule has 0 aliphatic heterocycles. The molecule has 1 aliphatic carbocycles. The third-order valence-corrected chi connectivity index (χ3v) is 6.59. The number of amides is 1. The number of nitrogens with two attached hydrogens (primary N) is 1. The molecule has 1 aromatic carbocycles. The van der Waals surface area contributed by atoms with Crippen molar-refractivity contribution in [3.8, 4) is 0 Å². The van der Waals surface area contributed by atoms with E-state index in [0.717, 1.165) is 31.2 Å². The second-order valence-electron chi connectivity index (χ2n) is 6.75. The molecule has 0 saturated heterocycles. The number of hydrogen-bond acceptors (Lipinski definition) is 6. The number of carbonyl (C=O) groups is 1. The molecule has 8 heteroatoms. The van der Waals surface area contributed by atoms with Crippen LogP contribution in [0.5, 0.6) is 0 Å². The van der Waals surface area contributed by atoms with Gasteiger partial charge in [0.25, 0.3) is 0 Å². The number of thiazole rings is 1. The van der Waals surface area contributed by atoms with Crippen LogP contribution in [0.4, 0.5) is 5.13 Å². The molecule has 0 fully saturated rings. The number of sulfone groups is 1. The van der Waals surface area contributed by atoms with Crippen LogP contribution in [0, 0.1) is 0 Å². The van der Waals surface area contributed by atoms with Gasteiger partial charge in [0.2, 0.25) is 5.91 Å². The highest BCUT2D eigenvalue weighted by atomic mass is 32.2. The fourth-order valence-electron chi connectivity index (χ4n) is 3.11. The minimum atomic E-state index is -3.13. The van der Waals surface area contributed by atoms with Gasteiger partial charge >= 0.3 is 0 Å². The van der Waals surface area contributed by atoms with E-state index in [1.54, 1.807) is 0 Å². The molecule has 1 amide bonds. The van der Waals surface area contributed by atoms with Gasteiger partial charge in [0, 0.05) is 11.1 Å². The van der Waals surface area contributed by atoms with Crippen LogP contribution >= 0.6 is 11.3 Å². The SMILES string of the molecule is CS(=O)(=O)CCC(N)C(=O)Nc1nc2c(s1)CC(c1ccccc1)CC2. The Labute approximate surface area is 157 Å². The maximum Gasteiger partial charge on any atom is 0.243 e. The number of fused-ring (bicyclic) bond motifs is 1. The van der Waals surface area contributed by atoms with Crippen LogP contribution in [0.3, 0.4) is 0 Å². The summed E-state index contributed by atoms with van der Waals surface area (Å²) in [6.07, 6.45) is 4.10. The van der Waals surface area contributed by atoms with Crippen LogP contribution in [0.25, 0.3) is 0 Å². The smallest absolute Gasteiger partial charge is 0.243 e. The molecule has 2 aromatic rings. The number of aryl methyl sites for hydroxylation is 1. The molecule has 3 N–H and O–H groups in total. The Morgan fingerprint density at radius 2 is 2.12 bits per heavy atom. The third kappa shape index (κ3) is 4.90. The van der Waals surface area contributed by atoms with Crippen LogP contribution in [0.1, 0.15) is 34.9 Å². The summed E-state index contributed by atoms with van der Waals surface area (Å²) in [4.78, 5) is 17.9. The summed E-state index contributed by atoms with van der Waals surface area (Å²) in [5.41, 5.74) is 8.17. The molecule has 0 spiro atoms. The first kappa shape index (κ1) is 19.0. The van der Waals surface area contributed by atoms with E-state index >= 15 is 0 Å². The van der Waals surface area contributed by atoms with Crippen molar-refractivity contribution in [2.75, 3.05) is 17.3 Å². The summed E-state index contributed by atoms with van der Waals surface area (Å²) in [6, 6.07) is 9.58. The van der Waals surface area contributed by atoms with E-state index in [2.05, 4.69) is 34.6 Å². The number of nitrogens with zero attached hydrogens (tertiary/aromatic N) is 1. The van der Waals surface area contributed by atoms with Crippen molar-refractivity contribution in [1.29, 1.82) is 0 Å². The number of rotatable bonds is 6. The molecule has 2 atom stereocenters. The molecule has 1 aromatic heterocycles. The van der Waals surface area contributed by atoms with Crippen molar-refractivity contribution in [2.24, 2.45) is 5.73 Å². The lowest BCUT2D eigenvalue weighted by Crippen LogP contribution is -2.37. The van der Waals surface area contributed by atoms with Crippen LogP contribution in [0.15, 0.2) is 30.3 Å². The van der Waals surface area contributed by atoms with E-state index in [0.29, 0.717) is 11.0 Å². The second-order valence-corrected chi connectivity index (χ2v) is 10.1. The van der Waals surface area contributed by atoms with Crippen molar-refractivity contribution < 1.29 is 13.2 Å². The summed E-state index contributed by atoms with van der Waals surface area (Å²) in [6.45, 7) is 0. The lowest BCUT2D eigenvalue weighted by atomic mass is 9.85. The molecule has 0 radical (unpaired) electrons. The maximum atomic E-state index is 12.2. The summed E-state index contributed by atoms with van der Waals surface area (Å²) in [7, 11) is -3.13. The zero-order chi connectivity index (χ0) is 18.7. The molecule has 0 bridgehead atoms. The molecule has 1 aliphatic rings. The van der Waals surface area contributed by atoms with Gasteiger partial charge < -0.3 is 11.1 Å². The highest BCUT2D eigenvalue weighted by Gasteiger charge is 2.25. The Bertz CT molecular complexity index is 878. The standard InChI is InChI=1S/C18H23N3O3S2/c1-26(23,24)10-9-14(19)17(22)21-18-20-15-8-7-13(11-16(15)25-18)12-5-3-2-4-6-12/h2-6,13-14H,7-11,19H2,1H3,(H,20,21,22). The van der Waals surface area contributed by atoms with Crippen molar-refractivity contribution in [2.45, 2.75) is 37.6 Å². The van der Waals surface area contributed by atoms with Gasteiger partial charge in [0.15, 0.2) is 5.13 Å². The van der Waals surface area contributed by atoms with Gasteiger partial charge in [-0.1, -0.05) is 30.3 Å². The zero-order valence-corrected chi connectivity index (χ0v) is 16.3. The molecule has 0 saturated carbocycles. The maximum absolute atomic E-state index is 12.2. The zero-order valence-electron chi connectivity index (χ0n) is 14.6. The number of nitrogens with one attached hydrogen (secondary N) is 1. The van der Waals surface area contributed by atoms with E-state index in [1.807, 2.05) is 6.07 Å². The van der Waals surface area contributed by atoms with Crippen molar-refractivity contribution in [3.63, 3.8) is 0 Å². The monoisotopic (exact) mass is 393 g/mol. The van der Waals surface area contributed by atoms with Gasteiger partial charge in [-0.25, -0.2) is 13.4 Å². The van der Waals surface area contributed by atoms with E-state index in [1.165, 1.54) is 21.8 Å². The van der Waals surface area contributed by atoms with Crippen LogP contribution in [-0.2, 0) is 27.5 Å². The molecule has 6 nitrogen and oxygen atoms in total. The lowest BCUT2D eigenvalue weighted by molar-refractivity contribution is -0.117. The van der Waals surface area contributed by atoms with Crippen LogP contribution < -0.4 is 11.1 Å². The fourth-order valence-corrected chi connectivity index (χ4v) is 4.88. The van der Waals surface area contributed by atoms with E-state index in [9.17, 15) is 13.2 Å². The molecule has 1 heterocycles.